The molecule has 0 saturated carbocycles. The first kappa shape index (κ1) is 12.3. The van der Waals surface area contributed by atoms with E-state index in [9.17, 15) is 0 Å². The van der Waals surface area contributed by atoms with E-state index in [1.165, 1.54) is 25.1 Å². The van der Waals surface area contributed by atoms with Gasteiger partial charge in [-0.2, -0.15) is 11.8 Å². The molecule has 2 heteroatoms. The first-order valence-corrected chi connectivity index (χ1v) is 6.15. The van der Waals surface area contributed by atoms with Gasteiger partial charge >= 0.3 is 0 Å². The zero-order chi connectivity index (χ0) is 9.45. The molecule has 0 atom stereocenters. The van der Waals surface area contributed by atoms with Crippen molar-refractivity contribution in [3.63, 3.8) is 0 Å². The van der Waals surface area contributed by atoms with Crippen LogP contribution >= 0.6 is 11.8 Å². The largest absolute Gasteiger partial charge is 0.316 e. The third-order valence-electron chi connectivity index (χ3n) is 1.61. The molecule has 12 heavy (non-hydrogen) atoms. The fourth-order valence-corrected chi connectivity index (χ4v) is 1.45. The van der Waals surface area contributed by atoms with Crippen molar-refractivity contribution in [2.75, 3.05) is 25.1 Å². The van der Waals surface area contributed by atoms with Gasteiger partial charge < -0.3 is 5.32 Å². The predicted molar refractivity (Wildman–Crippen MR) is 59.9 cm³/mol. The lowest BCUT2D eigenvalue weighted by molar-refractivity contribution is 0.379. The lowest BCUT2D eigenvalue weighted by atomic mass is 9.97. The molecule has 0 amide bonds. The van der Waals surface area contributed by atoms with E-state index in [-0.39, 0.29) is 0 Å². The highest BCUT2D eigenvalue weighted by Gasteiger charge is 2.07. The molecular weight excluding hydrogens is 166 g/mol. The number of nitrogens with one attached hydrogen (secondary N) is 1. The Morgan fingerprint density at radius 1 is 1.17 bits per heavy atom. The van der Waals surface area contributed by atoms with Gasteiger partial charge in [0.1, 0.15) is 0 Å². The second-order valence-corrected chi connectivity index (χ2v) is 5.42. The van der Waals surface area contributed by atoms with Crippen LogP contribution in [-0.4, -0.2) is 25.1 Å². The summed E-state index contributed by atoms with van der Waals surface area (Å²) in [6.45, 7) is 9.11. The summed E-state index contributed by atoms with van der Waals surface area (Å²) >= 11 is 1.94. The summed E-state index contributed by atoms with van der Waals surface area (Å²) in [7, 11) is 0. The van der Waals surface area contributed by atoms with Gasteiger partial charge in [0, 0.05) is 0 Å². The molecule has 74 valence electrons. The quantitative estimate of drug-likeness (QED) is 0.645. The number of hydrogen-bond acceptors (Lipinski definition) is 2. The summed E-state index contributed by atoms with van der Waals surface area (Å²) in [5, 5.41) is 3.47. The first-order chi connectivity index (χ1) is 5.56. The van der Waals surface area contributed by atoms with Crippen molar-refractivity contribution in [3.8, 4) is 0 Å². The summed E-state index contributed by atoms with van der Waals surface area (Å²) in [5.41, 5.74) is 0.430. The van der Waals surface area contributed by atoms with E-state index in [0.29, 0.717) is 5.41 Å². The van der Waals surface area contributed by atoms with Crippen molar-refractivity contribution in [2.45, 2.75) is 33.6 Å². The van der Waals surface area contributed by atoms with E-state index in [1.54, 1.807) is 0 Å². The molecule has 1 N–H and O–H groups in total. The standard InChI is InChI=1S/C10H23NS/c1-10(2,3)9-11-7-5-6-8-12-4/h11H,5-9H2,1-4H3. The Kier molecular flexibility index (Phi) is 6.96. The van der Waals surface area contributed by atoms with Gasteiger partial charge in [0.2, 0.25) is 0 Å². The topological polar surface area (TPSA) is 12.0 Å². The number of rotatable bonds is 6. The Morgan fingerprint density at radius 3 is 2.33 bits per heavy atom. The number of hydrogen-bond donors (Lipinski definition) is 1. The van der Waals surface area contributed by atoms with E-state index in [4.69, 9.17) is 0 Å². The van der Waals surface area contributed by atoms with Crippen LogP contribution in [0, 0.1) is 5.41 Å². The zero-order valence-electron chi connectivity index (χ0n) is 8.94. The van der Waals surface area contributed by atoms with Crippen LogP contribution < -0.4 is 5.32 Å². The summed E-state index contributed by atoms with van der Waals surface area (Å²) in [6, 6.07) is 0. The van der Waals surface area contributed by atoms with Crippen LogP contribution in [0.2, 0.25) is 0 Å². The molecule has 0 aliphatic heterocycles. The van der Waals surface area contributed by atoms with Gasteiger partial charge in [-0.25, -0.2) is 0 Å². The zero-order valence-corrected chi connectivity index (χ0v) is 9.76. The molecule has 0 heterocycles. The van der Waals surface area contributed by atoms with Crippen molar-refractivity contribution in [2.24, 2.45) is 5.41 Å². The fourth-order valence-electron chi connectivity index (χ4n) is 0.960. The molecule has 0 aromatic rings. The van der Waals surface area contributed by atoms with E-state index >= 15 is 0 Å². The van der Waals surface area contributed by atoms with E-state index in [2.05, 4.69) is 32.3 Å². The minimum Gasteiger partial charge on any atom is -0.316 e. The van der Waals surface area contributed by atoms with Crippen molar-refractivity contribution in [1.29, 1.82) is 0 Å². The van der Waals surface area contributed by atoms with Gasteiger partial charge in [-0.1, -0.05) is 20.8 Å². The minimum atomic E-state index is 0.430. The van der Waals surface area contributed by atoms with Crippen molar-refractivity contribution in [1.82, 2.24) is 5.32 Å². The summed E-state index contributed by atoms with van der Waals surface area (Å²) < 4.78 is 0. The molecule has 0 spiro atoms. The maximum Gasteiger partial charge on any atom is -0.0000125 e. The Bertz CT molecular complexity index is 96.5. The van der Waals surface area contributed by atoms with Gasteiger partial charge in [-0.05, 0) is 43.4 Å². The third kappa shape index (κ3) is 10.3. The SMILES string of the molecule is CSCCCCNCC(C)(C)C. The highest BCUT2D eigenvalue weighted by Crippen LogP contribution is 2.10. The highest BCUT2D eigenvalue weighted by atomic mass is 32.2. The molecule has 0 unspecified atom stereocenters. The van der Waals surface area contributed by atoms with E-state index in [1.807, 2.05) is 11.8 Å². The minimum absolute atomic E-state index is 0.430. The molecule has 0 bridgehead atoms. The third-order valence-corrected chi connectivity index (χ3v) is 2.30. The monoisotopic (exact) mass is 189 g/mol. The normalized spacial score (nSPS) is 12.0. The molecule has 0 aromatic carbocycles. The number of thioether (sulfide) groups is 1. The van der Waals surface area contributed by atoms with Crippen LogP contribution in [0.15, 0.2) is 0 Å². The van der Waals surface area contributed by atoms with Crippen LogP contribution in [0.3, 0.4) is 0 Å². The van der Waals surface area contributed by atoms with Crippen molar-refractivity contribution < 1.29 is 0 Å². The lowest BCUT2D eigenvalue weighted by Gasteiger charge is -2.18. The molecule has 0 aromatic heterocycles. The predicted octanol–water partition coefficient (Wildman–Crippen LogP) is 2.77. The molecule has 0 aliphatic carbocycles. The van der Waals surface area contributed by atoms with Crippen LogP contribution in [0.25, 0.3) is 0 Å². The molecule has 1 nitrogen and oxygen atoms in total. The second-order valence-electron chi connectivity index (χ2n) is 4.44. The van der Waals surface area contributed by atoms with E-state index in [0.717, 1.165) is 6.54 Å². The van der Waals surface area contributed by atoms with Crippen molar-refractivity contribution >= 4 is 11.8 Å². The molecule has 0 fully saturated rings. The van der Waals surface area contributed by atoms with Gasteiger partial charge in [-0.3, -0.25) is 0 Å². The molecular formula is C10H23NS. The van der Waals surface area contributed by atoms with Gasteiger partial charge in [0.25, 0.3) is 0 Å². The summed E-state index contributed by atoms with van der Waals surface area (Å²) in [6.07, 6.45) is 4.83. The Labute approximate surface area is 81.7 Å². The van der Waals surface area contributed by atoms with Gasteiger partial charge in [-0.15, -0.1) is 0 Å². The van der Waals surface area contributed by atoms with Gasteiger partial charge in [0.15, 0.2) is 0 Å². The van der Waals surface area contributed by atoms with E-state index < -0.39 is 0 Å². The van der Waals surface area contributed by atoms with Crippen molar-refractivity contribution in [3.05, 3.63) is 0 Å². The molecule has 0 radical (unpaired) electrons. The maximum absolute atomic E-state index is 3.47. The average molecular weight is 189 g/mol. The summed E-state index contributed by atoms with van der Waals surface area (Å²) in [4.78, 5) is 0. The second kappa shape index (κ2) is 6.79. The first-order valence-electron chi connectivity index (χ1n) is 4.76. The Morgan fingerprint density at radius 2 is 1.83 bits per heavy atom. The Balaban J connectivity index is 3.01. The molecule has 0 saturated heterocycles. The van der Waals surface area contributed by atoms with Crippen LogP contribution in [-0.2, 0) is 0 Å². The summed E-state index contributed by atoms with van der Waals surface area (Å²) in [5.74, 6) is 1.30. The molecule has 0 aliphatic rings. The van der Waals surface area contributed by atoms with Crippen LogP contribution in [0.4, 0.5) is 0 Å². The van der Waals surface area contributed by atoms with Crippen LogP contribution in [0.1, 0.15) is 33.6 Å². The highest BCUT2D eigenvalue weighted by molar-refractivity contribution is 7.98. The Hall–Kier alpha value is 0.310. The molecule has 0 rings (SSSR count). The number of unbranched alkanes of at least 4 members (excludes halogenated alkanes) is 1. The smallest absolute Gasteiger partial charge is 0.0000125 e. The van der Waals surface area contributed by atoms with Crippen LogP contribution in [0.5, 0.6) is 0 Å². The lowest BCUT2D eigenvalue weighted by Crippen LogP contribution is -2.27. The maximum atomic E-state index is 3.47. The average Bonchev–Trinajstić information content (AvgIpc) is 1.94. The fraction of sp³-hybridized carbons (Fsp3) is 1.00. The van der Waals surface area contributed by atoms with Gasteiger partial charge in [0.05, 0.1) is 0 Å².